The molecule has 1 heterocycles. The van der Waals surface area contributed by atoms with Crippen molar-refractivity contribution in [2.45, 2.75) is 32.2 Å². The zero-order valence-corrected chi connectivity index (χ0v) is 13.2. The minimum Gasteiger partial charge on any atom is -0.480 e. The van der Waals surface area contributed by atoms with Crippen molar-refractivity contribution in [3.63, 3.8) is 0 Å². The van der Waals surface area contributed by atoms with Crippen LogP contribution in [0.15, 0.2) is 48.8 Å². The number of alkyl halides is 3. The van der Waals surface area contributed by atoms with Gasteiger partial charge in [0.2, 0.25) is 0 Å². The zero-order valence-electron chi connectivity index (χ0n) is 13.2. The first-order valence-corrected chi connectivity index (χ1v) is 7.32. The Hall–Kier alpha value is -2.57. The molecule has 0 aliphatic heterocycles. The number of carbonyl (C=O) groups excluding carboxylic acids is 1. The molecular weight excluding hydrogens is 321 g/mol. The number of benzene rings is 1. The monoisotopic (exact) mass is 338 g/mol. The van der Waals surface area contributed by atoms with E-state index in [2.05, 4.69) is 10.3 Å². The molecule has 0 bridgehead atoms. The van der Waals surface area contributed by atoms with Gasteiger partial charge in [-0.2, -0.15) is 13.2 Å². The predicted molar refractivity (Wildman–Crippen MR) is 82.3 cm³/mol. The molecule has 4 nitrogen and oxygen atoms in total. The van der Waals surface area contributed by atoms with Crippen molar-refractivity contribution in [3.8, 4) is 5.75 Å². The molecule has 2 aromatic rings. The molecule has 2 rings (SSSR count). The topological polar surface area (TPSA) is 51.2 Å². The highest BCUT2D eigenvalue weighted by atomic mass is 19.4. The second-order valence-electron chi connectivity index (χ2n) is 5.27. The van der Waals surface area contributed by atoms with Crippen LogP contribution in [0.1, 0.15) is 31.0 Å². The molecule has 0 saturated heterocycles. The van der Waals surface area contributed by atoms with E-state index in [9.17, 15) is 18.0 Å². The van der Waals surface area contributed by atoms with Crippen LogP contribution in [0.2, 0.25) is 0 Å². The lowest BCUT2D eigenvalue weighted by Gasteiger charge is -2.20. The highest BCUT2D eigenvalue weighted by molar-refractivity contribution is 5.81. The summed E-state index contributed by atoms with van der Waals surface area (Å²) in [5.41, 5.74) is -0.126. The Morgan fingerprint density at radius 3 is 2.50 bits per heavy atom. The Bertz CT molecular complexity index is 690. The maximum Gasteiger partial charge on any atom is 0.419 e. The summed E-state index contributed by atoms with van der Waals surface area (Å²) in [6.45, 7) is 3.16. The first kappa shape index (κ1) is 17.8. The van der Waals surface area contributed by atoms with E-state index in [0.717, 1.165) is 11.6 Å². The number of para-hydroxylation sites is 1. The summed E-state index contributed by atoms with van der Waals surface area (Å²) in [6.07, 6.45) is -2.41. The van der Waals surface area contributed by atoms with E-state index in [0.29, 0.717) is 0 Å². The van der Waals surface area contributed by atoms with E-state index >= 15 is 0 Å². The smallest absolute Gasteiger partial charge is 0.419 e. The standard InChI is InChI=1S/C17H17F3N2O2/c1-11(13-6-5-9-21-10-13)22-16(23)12(2)24-15-8-4-3-7-14(15)17(18,19)20/h3-12H,1-2H3,(H,22,23)/t11-,12-/m0/s1. The van der Waals surface area contributed by atoms with Crippen molar-refractivity contribution in [2.75, 3.05) is 0 Å². The van der Waals surface area contributed by atoms with Crippen molar-refractivity contribution < 1.29 is 22.7 Å². The summed E-state index contributed by atoms with van der Waals surface area (Å²) in [5.74, 6) is -0.884. The van der Waals surface area contributed by atoms with Crippen molar-refractivity contribution in [2.24, 2.45) is 0 Å². The number of halogens is 3. The quantitative estimate of drug-likeness (QED) is 0.903. The van der Waals surface area contributed by atoms with Crippen LogP contribution in [-0.2, 0) is 11.0 Å². The molecule has 1 amide bonds. The summed E-state index contributed by atoms with van der Waals surface area (Å²) < 4.78 is 44.1. The third kappa shape index (κ3) is 4.47. The maximum absolute atomic E-state index is 12.9. The molecule has 0 radical (unpaired) electrons. The number of hydrogen-bond donors (Lipinski definition) is 1. The SMILES string of the molecule is C[C@H](Oc1ccccc1C(F)(F)F)C(=O)N[C@@H](C)c1cccnc1. The minimum absolute atomic E-state index is 0.338. The Morgan fingerprint density at radius 1 is 1.17 bits per heavy atom. The van der Waals surface area contributed by atoms with Gasteiger partial charge in [-0.05, 0) is 37.6 Å². The third-order valence-electron chi connectivity index (χ3n) is 3.41. The molecule has 1 aromatic heterocycles. The first-order valence-electron chi connectivity index (χ1n) is 7.32. The lowest BCUT2D eigenvalue weighted by atomic mass is 10.1. The molecule has 0 saturated carbocycles. The van der Waals surface area contributed by atoms with Gasteiger partial charge in [0.05, 0.1) is 11.6 Å². The summed E-state index contributed by atoms with van der Waals surface area (Å²) in [5, 5.41) is 2.69. The van der Waals surface area contributed by atoms with Crippen LogP contribution >= 0.6 is 0 Å². The van der Waals surface area contributed by atoms with Crippen LogP contribution in [0.25, 0.3) is 0 Å². The Morgan fingerprint density at radius 2 is 1.88 bits per heavy atom. The van der Waals surface area contributed by atoms with Crippen molar-refractivity contribution in [1.29, 1.82) is 0 Å². The third-order valence-corrected chi connectivity index (χ3v) is 3.41. The Labute approximate surface area is 137 Å². The zero-order chi connectivity index (χ0) is 17.7. The van der Waals surface area contributed by atoms with Gasteiger partial charge < -0.3 is 10.1 Å². The van der Waals surface area contributed by atoms with Gasteiger partial charge in [0, 0.05) is 12.4 Å². The molecule has 0 spiro atoms. The highest BCUT2D eigenvalue weighted by Gasteiger charge is 2.34. The van der Waals surface area contributed by atoms with Crippen LogP contribution < -0.4 is 10.1 Å². The van der Waals surface area contributed by atoms with Gasteiger partial charge >= 0.3 is 6.18 Å². The van der Waals surface area contributed by atoms with Gasteiger partial charge in [-0.1, -0.05) is 18.2 Å². The number of rotatable bonds is 5. The normalized spacial score (nSPS) is 13.9. The van der Waals surface area contributed by atoms with Crippen molar-refractivity contribution in [1.82, 2.24) is 10.3 Å². The van der Waals surface area contributed by atoms with E-state index in [1.54, 1.807) is 31.5 Å². The number of pyridine rings is 1. The number of carbonyl (C=O) groups is 1. The molecule has 1 N–H and O–H groups in total. The summed E-state index contributed by atoms with van der Waals surface area (Å²) in [4.78, 5) is 16.1. The van der Waals surface area contributed by atoms with E-state index in [1.165, 1.54) is 25.1 Å². The average molecular weight is 338 g/mol. The van der Waals surface area contributed by atoms with Crippen LogP contribution in [0.4, 0.5) is 13.2 Å². The van der Waals surface area contributed by atoms with E-state index in [1.807, 2.05) is 0 Å². The van der Waals surface area contributed by atoms with Gasteiger partial charge in [0.25, 0.3) is 5.91 Å². The van der Waals surface area contributed by atoms with E-state index in [-0.39, 0.29) is 11.8 Å². The number of hydrogen-bond acceptors (Lipinski definition) is 3. The summed E-state index contributed by atoms with van der Waals surface area (Å²) >= 11 is 0. The van der Waals surface area contributed by atoms with Crippen molar-refractivity contribution in [3.05, 3.63) is 59.9 Å². The average Bonchev–Trinajstić information content (AvgIpc) is 2.55. The first-order chi connectivity index (χ1) is 11.3. The molecule has 2 atom stereocenters. The Balaban J connectivity index is 2.05. The molecule has 0 aliphatic rings. The second kappa shape index (κ2) is 7.33. The summed E-state index contributed by atoms with van der Waals surface area (Å²) in [6, 6.07) is 7.99. The number of nitrogens with zero attached hydrogens (tertiary/aromatic N) is 1. The minimum atomic E-state index is -4.55. The van der Waals surface area contributed by atoms with Gasteiger partial charge in [0.1, 0.15) is 5.75 Å². The highest BCUT2D eigenvalue weighted by Crippen LogP contribution is 2.36. The van der Waals surface area contributed by atoms with Gasteiger partial charge in [0.15, 0.2) is 6.10 Å². The number of amides is 1. The van der Waals surface area contributed by atoms with E-state index < -0.39 is 23.8 Å². The fraction of sp³-hybridized carbons (Fsp3) is 0.294. The molecule has 0 unspecified atom stereocenters. The van der Waals surface area contributed by atoms with Crippen LogP contribution in [0, 0.1) is 0 Å². The molecule has 7 heteroatoms. The molecule has 1 aromatic carbocycles. The summed E-state index contributed by atoms with van der Waals surface area (Å²) in [7, 11) is 0. The fourth-order valence-electron chi connectivity index (χ4n) is 2.09. The Kier molecular flexibility index (Phi) is 5.43. The molecule has 128 valence electrons. The van der Waals surface area contributed by atoms with Gasteiger partial charge in [-0.15, -0.1) is 0 Å². The predicted octanol–water partition coefficient (Wildman–Crippen LogP) is 3.75. The number of aromatic nitrogens is 1. The van der Waals surface area contributed by atoms with Gasteiger partial charge in [-0.25, -0.2) is 0 Å². The number of ether oxygens (including phenoxy) is 1. The van der Waals surface area contributed by atoms with E-state index in [4.69, 9.17) is 4.74 Å². The van der Waals surface area contributed by atoms with Crippen LogP contribution in [0.5, 0.6) is 5.75 Å². The largest absolute Gasteiger partial charge is 0.480 e. The second-order valence-corrected chi connectivity index (χ2v) is 5.27. The lowest BCUT2D eigenvalue weighted by Crippen LogP contribution is -2.38. The van der Waals surface area contributed by atoms with Crippen LogP contribution in [-0.4, -0.2) is 17.0 Å². The maximum atomic E-state index is 12.9. The molecule has 0 aliphatic carbocycles. The molecular formula is C17H17F3N2O2. The molecule has 24 heavy (non-hydrogen) atoms. The van der Waals surface area contributed by atoms with Crippen molar-refractivity contribution >= 4 is 5.91 Å². The molecule has 0 fully saturated rings. The number of nitrogens with one attached hydrogen (secondary N) is 1. The fourth-order valence-corrected chi connectivity index (χ4v) is 2.09. The van der Waals surface area contributed by atoms with Crippen LogP contribution in [0.3, 0.4) is 0 Å². The lowest BCUT2D eigenvalue weighted by molar-refractivity contribution is -0.140. The van der Waals surface area contributed by atoms with Gasteiger partial charge in [-0.3, -0.25) is 9.78 Å².